The summed E-state index contributed by atoms with van der Waals surface area (Å²) in [5, 5.41) is 6.18. The molecule has 1 saturated heterocycles. The second-order valence-electron chi connectivity index (χ2n) is 6.10. The Kier molecular flexibility index (Phi) is 3.88. The zero-order valence-corrected chi connectivity index (χ0v) is 12.3. The lowest BCUT2D eigenvalue weighted by atomic mass is 10.0. The van der Waals surface area contributed by atoms with Crippen LogP contribution in [0.1, 0.15) is 20.3 Å². The van der Waals surface area contributed by atoms with E-state index < -0.39 is 0 Å². The van der Waals surface area contributed by atoms with Crippen LogP contribution in [0.15, 0.2) is 36.7 Å². The molecule has 1 aromatic heterocycles. The van der Waals surface area contributed by atoms with Crippen molar-refractivity contribution in [2.45, 2.75) is 26.3 Å². The van der Waals surface area contributed by atoms with Crippen LogP contribution in [0.3, 0.4) is 0 Å². The van der Waals surface area contributed by atoms with Gasteiger partial charge in [0.25, 0.3) is 0 Å². The van der Waals surface area contributed by atoms with E-state index in [1.807, 2.05) is 12.4 Å². The maximum absolute atomic E-state index is 4.22. The molecule has 3 nitrogen and oxygen atoms in total. The van der Waals surface area contributed by atoms with E-state index in [2.05, 4.69) is 53.3 Å². The number of nitrogens with one attached hydrogen (secondary N) is 1. The van der Waals surface area contributed by atoms with Gasteiger partial charge in [-0.1, -0.05) is 26.0 Å². The van der Waals surface area contributed by atoms with Gasteiger partial charge in [0.2, 0.25) is 0 Å². The van der Waals surface area contributed by atoms with Crippen LogP contribution >= 0.6 is 0 Å². The quantitative estimate of drug-likeness (QED) is 0.928. The molecule has 0 amide bonds. The topological polar surface area (TPSA) is 28.2 Å². The Balaban J connectivity index is 1.87. The fraction of sp³-hybridized carbons (Fsp3) is 0.471. The number of hydrogen-bond acceptors (Lipinski definition) is 3. The zero-order chi connectivity index (χ0) is 13.9. The lowest BCUT2D eigenvalue weighted by molar-refractivity contribution is 0.388. The second-order valence-corrected chi connectivity index (χ2v) is 6.10. The molecule has 1 unspecified atom stereocenters. The summed E-state index contributed by atoms with van der Waals surface area (Å²) in [6.07, 6.45) is 5.08. The van der Waals surface area contributed by atoms with Gasteiger partial charge >= 0.3 is 0 Å². The lowest BCUT2D eigenvalue weighted by Gasteiger charge is -2.36. The van der Waals surface area contributed by atoms with E-state index in [0.29, 0.717) is 6.04 Å². The summed E-state index contributed by atoms with van der Waals surface area (Å²) in [6.45, 7) is 7.84. The van der Waals surface area contributed by atoms with Crippen LogP contribution in [0.5, 0.6) is 0 Å². The second kappa shape index (κ2) is 5.80. The standard InChI is InChI=1S/C17H23N3/c1-13(2)10-15-12-20(9-8-19-15)17-5-3-4-14-11-18-7-6-16(14)17/h3-7,11,13,15,19H,8-10,12H2,1-2H3. The highest BCUT2D eigenvalue weighted by Gasteiger charge is 2.21. The summed E-state index contributed by atoms with van der Waals surface area (Å²) >= 11 is 0. The summed E-state index contributed by atoms with van der Waals surface area (Å²) in [7, 11) is 0. The third-order valence-corrected chi connectivity index (χ3v) is 4.01. The van der Waals surface area contributed by atoms with Gasteiger partial charge in [0.15, 0.2) is 0 Å². The van der Waals surface area contributed by atoms with Gasteiger partial charge < -0.3 is 10.2 Å². The number of benzene rings is 1. The third-order valence-electron chi connectivity index (χ3n) is 4.01. The third kappa shape index (κ3) is 2.78. The number of nitrogens with zero attached hydrogens (tertiary/aromatic N) is 2. The Bertz CT molecular complexity index is 574. The van der Waals surface area contributed by atoms with Crippen molar-refractivity contribution in [3.63, 3.8) is 0 Å². The average molecular weight is 269 g/mol. The van der Waals surface area contributed by atoms with Crippen LogP contribution in [-0.2, 0) is 0 Å². The Hall–Kier alpha value is -1.61. The van der Waals surface area contributed by atoms with Crippen molar-refractivity contribution in [3.05, 3.63) is 36.7 Å². The van der Waals surface area contributed by atoms with Gasteiger partial charge in [-0.15, -0.1) is 0 Å². The number of pyridine rings is 1. The van der Waals surface area contributed by atoms with E-state index in [0.717, 1.165) is 25.6 Å². The molecular weight excluding hydrogens is 246 g/mol. The summed E-state index contributed by atoms with van der Waals surface area (Å²) in [5.74, 6) is 0.740. The summed E-state index contributed by atoms with van der Waals surface area (Å²) in [6, 6.07) is 9.24. The molecule has 1 N–H and O–H groups in total. The first-order valence-corrected chi connectivity index (χ1v) is 7.55. The van der Waals surface area contributed by atoms with Crippen LogP contribution < -0.4 is 10.2 Å². The molecule has 1 atom stereocenters. The van der Waals surface area contributed by atoms with E-state index in [4.69, 9.17) is 0 Å². The molecule has 3 rings (SSSR count). The molecule has 0 radical (unpaired) electrons. The number of anilines is 1. The molecule has 0 saturated carbocycles. The minimum Gasteiger partial charge on any atom is -0.368 e. The van der Waals surface area contributed by atoms with E-state index >= 15 is 0 Å². The van der Waals surface area contributed by atoms with E-state index in [9.17, 15) is 0 Å². The van der Waals surface area contributed by atoms with Crippen molar-refractivity contribution in [1.82, 2.24) is 10.3 Å². The van der Waals surface area contributed by atoms with Crippen molar-refractivity contribution in [2.24, 2.45) is 5.92 Å². The van der Waals surface area contributed by atoms with Gasteiger partial charge in [-0.05, 0) is 24.5 Å². The van der Waals surface area contributed by atoms with E-state index in [1.165, 1.54) is 22.9 Å². The first kappa shape index (κ1) is 13.4. The molecule has 2 aromatic rings. The maximum atomic E-state index is 4.22. The van der Waals surface area contributed by atoms with Crippen LogP contribution in [0, 0.1) is 5.92 Å². The summed E-state index contributed by atoms with van der Waals surface area (Å²) in [5.41, 5.74) is 1.35. The predicted molar refractivity (Wildman–Crippen MR) is 85.2 cm³/mol. The number of aromatic nitrogens is 1. The summed E-state index contributed by atoms with van der Waals surface area (Å²) < 4.78 is 0. The SMILES string of the molecule is CC(C)CC1CN(c2cccc3cnccc23)CCN1. The molecule has 106 valence electrons. The fourth-order valence-electron chi connectivity index (χ4n) is 3.15. The average Bonchev–Trinajstić information content (AvgIpc) is 2.46. The molecule has 0 bridgehead atoms. The monoisotopic (exact) mass is 269 g/mol. The smallest absolute Gasteiger partial charge is 0.0448 e. The van der Waals surface area contributed by atoms with Gasteiger partial charge in [-0.2, -0.15) is 0 Å². The number of piperazine rings is 1. The van der Waals surface area contributed by atoms with Gasteiger partial charge in [-0.25, -0.2) is 0 Å². The zero-order valence-electron chi connectivity index (χ0n) is 12.3. The molecule has 1 aliphatic heterocycles. The highest BCUT2D eigenvalue weighted by atomic mass is 15.2. The maximum Gasteiger partial charge on any atom is 0.0448 e. The predicted octanol–water partition coefficient (Wildman–Crippen LogP) is 3.06. The number of hydrogen-bond donors (Lipinski definition) is 1. The molecule has 1 aromatic carbocycles. The first-order valence-electron chi connectivity index (χ1n) is 7.55. The highest BCUT2D eigenvalue weighted by Crippen LogP contribution is 2.27. The van der Waals surface area contributed by atoms with Gasteiger partial charge in [0.05, 0.1) is 0 Å². The Morgan fingerprint density at radius 1 is 1.35 bits per heavy atom. The minimum atomic E-state index is 0.598. The molecule has 0 aliphatic carbocycles. The van der Waals surface area contributed by atoms with Crippen LogP contribution in [0.4, 0.5) is 5.69 Å². The van der Waals surface area contributed by atoms with Gasteiger partial charge in [0.1, 0.15) is 0 Å². The van der Waals surface area contributed by atoms with Crippen molar-refractivity contribution in [2.75, 3.05) is 24.5 Å². The molecule has 3 heteroatoms. The largest absolute Gasteiger partial charge is 0.368 e. The highest BCUT2D eigenvalue weighted by molar-refractivity contribution is 5.93. The van der Waals surface area contributed by atoms with E-state index in [1.54, 1.807) is 0 Å². The summed E-state index contributed by atoms with van der Waals surface area (Å²) in [4.78, 5) is 6.74. The lowest BCUT2D eigenvalue weighted by Crippen LogP contribution is -2.51. The Morgan fingerprint density at radius 2 is 2.25 bits per heavy atom. The first-order chi connectivity index (χ1) is 9.74. The number of rotatable bonds is 3. The minimum absolute atomic E-state index is 0.598. The number of fused-ring (bicyclic) bond motifs is 1. The normalized spacial score (nSPS) is 19.8. The van der Waals surface area contributed by atoms with E-state index in [-0.39, 0.29) is 0 Å². The Morgan fingerprint density at radius 3 is 3.10 bits per heavy atom. The molecule has 20 heavy (non-hydrogen) atoms. The fourth-order valence-corrected chi connectivity index (χ4v) is 3.15. The van der Waals surface area contributed by atoms with Crippen molar-refractivity contribution in [3.8, 4) is 0 Å². The van der Waals surface area contributed by atoms with Crippen molar-refractivity contribution >= 4 is 16.5 Å². The van der Waals surface area contributed by atoms with Gasteiger partial charge in [0, 0.05) is 54.5 Å². The molecule has 1 fully saturated rings. The molecule has 2 heterocycles. The molecular formula is C17H23N3. The van der Waals surface area contributed by atoms with Crippen molar-refractivity contribution in [1.29, 1.82) is 0 Å². The molecule has 0 spiro atoms. The van der Waals surface area contributed by atoms with Gasteiger partial charge in [-0.3, -0.25) is 4.98 Å². The van der Waals surface area contributed by atoms with Crippen LogP contribution in [-0.4, -0.2) is 30.7 Å². The Labute approximate surface area is 121 Å². The van der Waals surface area contributed by atoms with Crippen LogP contribution in [0.25, 0.3) is 10.8 Å². The van der Waals surface area contributed by atoms with Crippen LogP contribution in [0.2, 0.25) is 0 Å². The van der Waals surface area contributed by atoms with Crippen molar-refractivity contribution < 1.29 is 0 Å². The molecule has 1 aliphatic rings.